The van der Waals surface area contributed by atoms with E-state index in [1.807, 2.05) is 19.1 Å². The van der Waals surface area contributed by atoms with Crippen LogP contribution in [0.2, 0.25) is 5.02 Å². The molecule has 1 aromatic carbocycles. The van der Waals surface area contributed by atoms with Crippen molar-refractivity contribution in [1.29, 1.82) is 0 Å². The Morgan fingerprint density at radius 1 is 1.45 bits per heavy atom. The molecule has 0 radical (unpaired) electrons. The number of rotatable bonds is 6. The summed E-state index contributed by atoms with van der Waals surface area (Å²) in [5, 5.41) is 3.67. The molecule has 1 aromatic rings. The minimum absolute atomic E-state index is 0.0563. The van der Waals surface area contributed by atoms with Gasteiger partial charge >= 0.3 is 0 Å². The third-order valence-corrected chi connectivity index (χ3v) is 4.69. The first kappa shape index (κ1) is 17.6. The van der Waals surface area contributed by atoms with Gasteiger partial charge in [-0.1, -0.05) is 18.5 Å². The van der Waals surface area contributed by atoms with Gasteiger partial charge in [0.15, 0.2) is 0 Å². The average molecular weight is 343 g/mol. The van der Waals surface area contributed by atoms with Crippen LogP contribution >= 0.6 is 23.4 Å². The number of hydrogen-bond donors (Lipinski definition) is 1. The third-order valence-electron chi connectivity index (χ3n) is 3.50. The summed E-state index contributed by atoms with van der Waals surface area (Å²) in [6.45, 7) is 8.33. The van der Waals surface area contributed by atoms with Gasteiger partial charge < -0.3 is 10.1 Å². The second-order valence-corrected chi connectivity index (χ2v) is 7.10. The smallest absolute Gasteiger partial charge is 0.252 e. The fourth-order valence-electron chi connectivity index (χ4n) is 2.48. The summed E-state index contributed by atoms with van der Waals surface area (Å²) in [6, 6.07) is 5.58. The molecule has 1 N–H and O–H groups in total. The van der Waals surface area contributed by atoms with Crippen molar-refractivity contribution in [1.82, 2.24) is 10.2 Å². The Labute approximate surface area is 141 Å². The Hall–Kier alpha value is -0.750. The van der Waals surface area contributed by atoms with Crippen molar-refractivity contribution in [2.75, 3.05) is 38.6 Å². The fourth-order valence-corrected chi connectivity index (χ4v) is 3.43. The monoisotopic (exact) mass is 342 g/mol. The molecule has 22 heavy (non-hydrogen) atoms. The van der Waals surface area contributed by atoms with E-state index < -0.39 is 0 Å². The molecule has 0 aromatic heterocycles. The van der Waals surface area contributed by atoms with E-state index in [0.29, 0.717) is 10.6 Å². The van der Waals surface area contributed by atoms with Gasteiger partial charge in [0.1, 0.15) is 0 Å². The number of ether oxygens (including phenoxy) is 1. The predicted molar refractivity (Wildman–Crippen MR) is 92.0 cm³/mol. The molecule has 0 spiro atoms. The summed E-state index contributed by atoms with van der Waals surface area (Å²) in [6.07, 6.45) is 0. The number of halogens is 1. The molecule has 1 fully saturated rings. The summed E-state index contributed by atoms with van der Waals surface area (Å²) >= 11 is 7.70. The number of hydrogen-bond acceptors (Lipinski definition) is 4. The van der Waals surface area contributed by atoms with Gasteiger partial charge in [-0.2, -0.15) is 0 Å². The topological polar surface area (TPSA) is 41.6 Å². The summed E-state index contributed by atoms with van der Waals surface area (Å²) < 4.78 is 5.34. The van der Waals surface area contributed by atoms with Crippen molar-refractivity contribution in [3.63, 3.8) is 0 Å². The first-order valence-corrected chi connectivity index (χ1v) is 8.99. The van der Waals surface area contributed by atoms with Gasteiger partial charge in [0.2, 0.25) is 0 Å². The van der Waals surface area contributed by atoms with Crippen LogP contribution in [0.1, 0.15) is 24.2 Å². The summed E-state index contributed by atoms with van der Waals surface area (Å²) in [5.41, 5.74) is 0.660. The van der Waals surface area contributed by atoms with Crippen molar-refractivity contribution >= 4 is 29.3 Å². The number of nitrogens with zero attached hydrogens (tertiary/aromatic N) is 1. The maximum atomic E-state index is 12.5. The van der Waals surface area contributed by atoms with E-state index >= 15 is 0 Å². The van der Waals surface area contributed by atoms with Crippen LogP contribution in [0, 0.1) is 0 Å². The van der Waals surface area contributed by atoms with Crippen molar-refractivity contribution in [2.45, 2.75) is 24.8 Å². The van der Waals surface area contributed by atoms with Gasteiger partial charge in [-0.25, -0.2) is 0 Å². The first-order valence-electron chi connectivity index (χ1n) is 7.63. The summed E-state index contributed by atoms with van der Waals surface area (Å²) in [5.74, 6) is 0.866. The van der Waals surface area contributed by atoms with Crippen LogP contribution in [0.25, 0.3) is 0 Å². The number of thioether (sulfide) groups is 1. The molecule has 0 aliphatic carbocycles. The fraction of sp³-hybridized carbons (Fsp3) is 0.562. The van der Waals surface area contributed by atoms with Crippen molar-refractivity contribution < 1.29 is 9.53 Å². The molecule has 2 rings (SSSR count). The van der Waals surface area contributed by atoms with Crippen LogP contribution in [0.5, 0.6) is 0 Å². The lowest BCUT2D eigenvalue weighted by atomic mass is 10.2. The summed E-state index contributed by atoms with van der Waals surface area (Å²) in [7, 11) is 0. The number of carbonyl (C=O) groups excluding carboxylic acids is 1. The standard InChI is InChI=1S/C16H23ClN2O2S/c1-3-22-15-5-4-13(17)10-14(15)16(20)18-12(2)11-19-6-8-21-9-7-19/h4-5,10,12H,3,6-9,11H2,1-2H3,(H,18,20)/t12-/m1/s1. The Morgan fingerprint density at radius 2 is 2.18 bits per heavy atom. The number of carbonyl (C=O) groups is 1. The first-order chi connectivity index (χ1) is 10.6. The zero-order chi connectivity index (χ0) is 15.9. The van der Waals surface area contributed by atoms with E-state index in [1.165, 1.54) is 0 Å². The molecule has 1 amide bonds. The van der Waals surface area contributed by atoms with E-state index in [0.717, 1.165) is 43.5 Å². The highest BCUT2D eigenvalue weighted by atomic mass is 35.5. The number of morpholine rings is 1. The van der Waals surface area contributed by atoms with Crippen molar-refractivity contribution in [3.8, 4) is 0 Å². The Bertz CT molecular complexity index is 507. The van der Waals surface area contributed by atoms with Crippen molar-refractivity contribution in [2.24, 2.45) is 0 Å². The molecule has 1 atom stereocenters. The minimum Gasteiger partial charge on any atom is -0.379 e. The van der Waals surface area contributed by atoms with Gasteiger partial charge in [0, 0.05) is 35.6 Å². The van der Waals surface area contributed by atoms with E-state index in [1.54, 1.807) is 17.8 Å². The van der Waals surface area contributed by atoms with Crippen LogP contribution in [0.15, 0.2) is 23.1 Å². The Morgan fingerprint density at radius 3 is 2.86 bits per heavy atom. The van der Waals surface area contributed by atoms with E-state index in [2.05, 4.69) is 17.1 Å². The highest BCUT2D eigenvalue weighted by Gasteiger charge is 2.18. The molecule has 4 nitrogen and oxygen atoms in total. The van der Waals surface area contributed by atoms with E-state index in [4.69, 9.17) is 16.3 Å². The third kappa shape index (κ3) is 5.16. The van der Waals surface area contributed by atoms with Gasteiger partial charge in [-0.05, 0) is 30.9 Å². The van der Waals surface area contributed by atoms with Gasteiger partial charge in [0.05, 0.1) is 18.8 Å². The van der Waals surface area contributed by atoms with Crippen LogP contribution in [0.4, 0.5) is 0 Å². The molecule has 1 saturated heterocycles. The van der Waals surface area contributed by atoms with E-state index in [-0.39, 0.29) is 11.9 Å². The quantitative estimate of drug-likeness (QED) is 0.807. The Kier molecular flexibility index (Phi) is 7.02. The molecule has 122 valence electrons. The average Bonchev–Trinajstić information content (AvgIpc) is 2.50. The highest BCUT2D eigenvalue weighted by Crippen LogP contribution is 2.25. The molecule has 0 unspecified atom stereocenters. The second-order valence-electron chi connectivity index (χ2n) is 5.36. The lowest BCUT2D eigenvalue weighted by Gasteiger charge is -2.29. The molecule has 1 aliphatic heterocycles. The lowest BCUT2D eigenvalue weighted by molar-refractivity contribution is 0.0342. The summed E-state index contributed by atoms with van der Waals surface area (Å²) in [4.78, 5) is 15.8. The SMILES string of the molecule is CCSc1ccc(Cl)cc1C(=O)N[C@H](C)CN1CCOCC1. The maximum absolute atomic E-state index is 12.5. The molecule has 6 heteroatoms. The van der Waals surface area contributed by atoms with Crippen LogP contribution in [-0.4, -0.2) is 55.4 Å². The van der Waals surface area contributed by atoms with Gasteiger partial charge in [-0.15, -0.1) is 11.8 Å². The highest BCUT2D eigenvalue weighted by molar-refractivity contribution is 7.99. The molecule has 0 saturated carbocycles. The number of nitrogens with one attached hydrogen (secondary N) is 1. The Balaban J connectivity index is 1.97. The van der Waals surface area contributed by atoms with E-state index in [9.17, 15) is 4.79 Å². The zero-order valence-corrected chi connectivity index (χ0v) is 14.7. The second kappa shape index (κ2) is 8.77. The number of amides is 1. The largest absolute Gasteiger partial charge is 0.379 e. The maximum Gasteiger partial charge on any atom is 0.252 e. The molecule has 1 heterocycles. The van der Waals surface area contributed by atoms with Crippen LogP contribution in [0.3, 0.4) is 0 Å². The zero-order valence-electron chi connectivity index (χ0n) is 13.1. The lowest BCUT2D eigenvalue weighted by Crippen LogP contribution is -2.46. The van der Waals surface area contributed by atoms with Crippen LogP contribution < -0.4 is 5.32 Å². The molecule has 0 bridgehead atoms. The number of benzene rings is 1. The molecular formula is C16H23ClN2O2S. The molecule has 1 aliphatic rings. The van der Waals surface area contributed by atoms with Gasteiger partial charge in [-0.3, -0.25) is 9.69 Å². The van der Waals surface area contributed by atoms with Crippen LogP contribution in [-0.2, 0) is 4.74 Å². The predicted octanol–water partition coefficient (Wildman–Crippen LogP) is 2.90. The molecular weight excluding hydrogens is 320 g/mol. The van der Waals surface area contributed by atoms with Gasteiger partial charge in [0.25, 0.3) is 5.91 Å². The minimum atomic E-state index is -0.0563. The van der Waals surface area contributed by atoms with Crippen molar-refractivity contribution in [3.05, 3.63) is 28.8 Å². The normalized spacial score (nSPS) is 17.2.